The van der Waals surface area contributed by atoms with Gasteiger partial charge in [0, 0.05) is 36.5 Å². The van der Waals surface area contributed by atoms with E-state index in [1.54, 1.807) is 6.20 Å². The van der Waals surface area contributed by atoms with Crippen molar-refractivity contribution in [3.8, 4) is 11.3 Å². The molecule has 4 rings (SSSR count). The molecule has 30 heavy (non-hydrogen) atoms. The van der Waals surface area contributed by atoms with Crippen LogP contribution < -0.4 is 5.32 Å². The number of hydrogen-bond donors (Lipinski definition) is 1. The quantitative estimate of drug-likeness (QED) is 0.563. The lowest BCUT2D eigenvalue weighted by molar-refractivity contribution is -0.121. The number of rotatable bonds is 8. The largest absolute Gasteiger partial charge is 0.441 e. The topological polar surface area (TPSA) is 58.4 Å². The number of carbonyl (C=O) groups excluding carboxylic acids is 1. The Balaban J connectivity index is 1.27. The molecule has 6 heteroatoms. The molecule has 0 unspecified atom stereocenters. The number of aromatic nitrogens is 1. The van der Waals surface area contributed by atoms with Gasteiger partial charge in [-0.05, 0) is 61.3 Å². The molecule has 0 bridgehead atoms. The molecule has 1 amide bonds. The van der Waals surface area contributed by atoms with Crippen molar-refractivity contribution in [1.29, 1.82) is 0 Å². The fourth-order valence-corrected chi connectivity index (χ4v) is 3.87. The van der Waals surface area contributed by atoms with Gasteiger partial charge >= 0.3 is 0 Å². The van der Waals surface area contributed by atoms with Crippen molar-refractivity contribution in [2.45, 2.75) is 38.8 Å². The van der Waals surface area contributed by atoms with Crippen LogP contribution in [0.1, 0.15) is 36.3 Å². The molecular weight excluding hydrogens is 398 g/mol. The standard InChI is InChI=1S/C24H26ClN3O2/c25-21-9-7-18(8-10-21)22-16-27-24(30-22)12-11-23(29)26-15-19-5-1-2-6-20(19)17-28-13-3-4-14-28/h1-2,5-10,16H,3-4,11-15,17H2,(H,26,29). The van der Waals surface area contributed by atoms with Gasteiger partial charge < -0.3 is 9.73 Å². The Kier molecular flexibility index (Phi) is 6.82. The van der Waals surface area contributed by atoms with Crippen LogP contribution in [0.3, 0.4) is 0 Å². The maximum atomic E-state index is 12.4. The molecule has 1 aromatic heterocycles. The van der Waals surface area contributed by atoms with Crippen LogP contribution in [0.25, 0.3) is 11.3 Å². The molecule has 5 nitrogen and oxygen atoms in total. The zero-order chi connectivity index (χ0) is 20.8. The second kappa shape index (κ2) is 9.92. The number of amides is 1. The van der Waals surface area contributed by atoms with Crippen LogP contribution in [-0.4, -0.2) is 28.9 Å². The summed E-state index contributed by atoms with van der Waals surface area (Å²) in [5.41, 5.74) is 3.39. The predicted octanol–water partition coefficient (Wildman–Crippen LogP) is 4.84. The zero-order valence-corrected chi connectivity index (χ0v) is 17.7. The minimum atomic E-state index is -0.00258. The van der Waals surface area contributed by atoms with Crippen molar-refractivity contribution in [3.05, 3.63) is 76.8 Å². The molecule has 1 fully saturated rings. The van der Waals surface area contributed by atoms with Crippen molar-refractivity contribution in [2.75, 3.05) is 13.1 Å². The predicted molar refractivity (Wildman–Crippen MR) is 118 cm³/mol. The first-order chi connectivity index (χ1) is 14.7. The lowest BCUT2D eigenvalue weighted by Gasteiger charge is -2.17. The maximum Gasteiger partial charge on any atom is 0.220 e. The van der Waals surface area contributed by atoms with Gasteiger partial charge in [0.2, 0.25) is 5.91 Å². The Hall–Kier alpha value is -2.63. The summed E-state index contributed by atoms with van der Waals surface area (Å²) in [4.78, 5) is 19.1. The average Bonchev–Trinajstić information content (AvgIpc) is 3.44. The second-order valence-electron chi connectivity index (χ2n) is 7.65. The number of oxazole rings is 1. The highest BCUT2D eigenvalue weighted by molar-refractivity contribution is 6.30. The molecule has 156 valence electrons. The number of halogens is 1. The lowest BCUT2D eigenvalue weighted by Crippen LogP contribution is -2.25. The summed E-state index contributed by atoms with van der Waals surface area (Å²) in [6, 6.07) is 15.8. The van der Waals surface area contributed by atoms with Crippen LogP contribution in [0.2, 0.25) is 5.02 Å². The van der Waals surface area contributed by atoms with Gasteiger partial charge in [-0.15, -0.1) is 0 Å². The number of carbonyl (C=O) groups is 1. The van der Waals surface area contributed by atoms with Crippen molar-refractivity contribution < 1.29 is 9.21 Å². The third-order valence-corrected chi connectivity index (χ3v) is 5.69. The average molecular weight is 424 g/mol. The molecule has 1 N–H and O–H groups in total. The Morgan fingerprint density at radius 2 is 1.80 bits per heavy atom. The third kappa shape index (κ3) is 5.49. The first kappa shape index (κ1) is 20.6. The fraction of sp³-hybridized carbons (Fsp3) is 0.333. The first-order valence-electron chi connectivity index (χ1n) is 10.4. The van der Waals surface area contributed by atoms with E-state index in [-0.39, 0.29) is 5.91 Å². The molecule has 2 aromatic carbocycles. The summed E-state index contributed by atoms with van der Waals surface area (Å²) in [6.45, 7) is 3.82. The Bertz CT molecular complexity index is 978. The zero-order valence-electron chi connectivity index (χ0n) is 16.9. The number of likely N-dealkylation sites (tertiary alicyclic amines) is 1. The van der Waals surface area contributed by atoms with Gasteiger partial charge in [0.05, 0.1) is 6.20 Å². The molecule has 3 aromatic rings. The van der Waals surface area contributed by atoms with Gasteiger partial charge in [0.25, 0.3) is 0 Å². The van der Waals surface area contributed by atoms with E-state index < -0.39 is 0 Å². The van der Waals surface area contributed by atoms with Crippen molar-refractivity contribution in [1.82, 2.24) is 15.2 Å². The van der Waals surface area contributed by atoms with E-state index in [1.807, 2.05) is 30.3 Å². The Morgan fingerprint density at radius 1 is 1.07 bits per heavy atom. The molecule has 0 spiro atoms. The highest BCUT2D eigenvalue weighted by Gasteiger charge is 2.14. The van der Waals surface area contributed by atoms with E-state index in [9.17, 15) is 4.79 Å². The smallest absolute Gasteiger partial charge is 0.220 e. The van der Waals surface area contributed by atoms with E-state index in [0.717, 1.165) is 25.2 Å². The van der Waals surface area contributed by atoms with Gasteiger partial charge in [-0.1, -0.05) is 35.9 Å². The molecule has 0 saturated carbocycles. The summed E-state index contributed by atoms with van der Waals surface area (Å²) >= 11 is 5.92. The minimum absolute atomic E-state index is 0.00258. The summed E-state index contributed by atoms with van der Waals surface area (Å²) in [5, 5.41) is 3.72. The van der Waals surface area contributed by atoms with Crippen molar-refractivity contribution in [3.63, 3.8) is 0 Å². The van der Waals surface area contributed by atoms with Gasteiger partial charge in [0.1, 0.15) is 0 Å². The van der Waals surface area contributed by atoms with Crippen LogP contribution >= 0.6 is 11.6 Å². The molecule has 0 atom stereocenters. The van der Waals surface area contributed by atoms with E-state index in [0.29, 0.717) is 36.1 Å². The van der Waals surface area contributed by atoms with Crippen LogP contribution in [0, 0.1) is 0 Å². The fourth-order valence-electron chi connectivity index (χ4n) is 3.74. The SMILES string of the molecule is O=C(CCc1ncc(-c2ccc(Cl)cc2)o1)NCc1ccccc1CN1CCCC1. The number of hydrogen-bond acceptors (Lipinski definition) is 4. The normalized spacial score (nSPS) is 14.2. The molecular formula is C24H26ClN3O2. The maximum absolute atomic E-state index is 12.4. The van der Waals surface area contributed by atoms with Crippen LogP contribution in [-0.2, 0) is 24.3 Å². The van der Waals surface area contributed by atoms with E-state index >= 15 is 0 Å². The van der Waals surface area contributed by atoms with Crippen LogP contribution in [0.15, 0.2) is 59.1 Å². The molecule has 0 aliphatic carbocycles. The molecule has 2 heterocycles. The Morgan fingerprint density at radius 3 is 2.57 bits per heavy atom. The highest BCUT2D eigenvalue weighted by atomic mass is 35.5. The summed E-state index contributed by atoms with van der Waals surface area (Å²) in [5.74, 6) is 1.24. The van der Waals surface area contributed by atoms with Crippen molar-refractivity contribution >= 4 is 17.5 Å². The highest BCUT2D eigenvalue weighted by Crippen LogP contribution is 2.22. The summed E-state index contributed by atoms with van der Waals surface area (Å²) in [6.07, 6.45) is 5.05. The van der Waals surface area contributed by atoms with Crippen LogP contribution in [0.5, 0.6) is 0 Å². The first-order valence-corrected chi connectivity index (χ1v) is 10.8. The molecule has 1 saturated heterocycles. The van der Waals surface area contributed by atoms with E-state index in [4.69, 9.17) is 16.0 Å². The summed E-state index contributed by atoms with van der Waals surface area (Å²) < 4.78 is 5.78. The summed E-state index contributed by atoms with van der Waals surface area (Å²) in [7, 11) is 0. The monoisotopic (exact) mass is 423 g/mol. The molecule has 1 aliphatic rings. The van der Waals surface area contributed by atoms with Gasteiger partial charge in [-0.2, -0.15) is 0 Å². The van der Waals surface area contributed by atoms with Gasteiger partial charge in [0.15, 0.2) is 11.7 Å². The Labute approximate surface area is 182 Å². The van der Waals surface area contributed by atoms with E-state index in [2.05, 4.69) is 33.4 Å². The number of aryl methyl sites for hydroxylation is 1. The van der Waals surface area contributed by atoms with E-state index in [1.165, 1.54) is 24.0 Å². The van der Waals surface area contributed by atoms with Crippen LogP contribution in [0.4, 0.5) is 0 Å². The lowest BCUT2D eigenvalue weighted by atomic mass is 10.1. The number of nitrogens with zero attached hydrogens (tertiary/aromatic N) is 2. The third-order valence-electron chi connectivity index (χ3n) is 5.44. The van der Waals surface area contributed by atoms with Crippen molar-refractivity contribution in [2.24, 2.45) is 0 Å². The molecule has 1 aliphatic heterocycles. The van der Waals surface area contributed by atoms with Gasteiger partial charge in [-0.3, -0.25) is 9.69 Å². The number of benzene rings is 2. The minimum Gasteiger partial charge on any atom is -0.441 e. The van der Waals surface area contributed by atoms with Gasteiger partial charge in [-0.25, -0.2) is 4.98 Å². The molecule has 0 radical (unpaired) electrons. The number of nitrogens with one attached hydrogen (secondary N) is 1. The second-order valence-corrected chi connectivity index (χ2v) is 8.09.